The van der Waals surface area contributed by atoms with Crippen molar-refractivity contribution in [2.24, 2.45) is 0 Å². The predicted molar refractivity (Wildman–Crippen MR) is 95.7 cm³/mol. The molecule has 3 rings (SSSR count). The van der Waals surface area contributed by atoms with Crippen LogP contribution in [0.15, 0.2) is 18.2 Å². The van der Waals surface area contributed by atoms with Crippen LogP contribution in [0.2, 0.25) is 0 Å². The highest BCUT2D eigenvalue weighted by molar-refractivity contribution is 5.76. The lowest BCUT2D eigenvalue weighted by molar-refractivity contribution is -0.121. The fraction of sp³-hybridized carbons (Fsp3) is 0.684. The summed E-state index contributed by atoms with van der Waals surface area (Å²) in [6.45, 7) is 6.12. The van der Waals surface area contributed by atoms with Gasteiger partial charge in [0.1, 0.15) is 0 Å². The van der Waals surface area contributed by atoms with Crippen molar-refractivity contribution in [2.45, 2.75) is 71.0 Å². The molecule has 5 nitrogen and oxygen atoms in total. The minimum atomic E-state index is 0.180. The highest BCUT2D eigenvalue weighted by Gasteiger charge is 2.18. The third-order valence-corrected chi connectivity index (χ3v) is 5.07. The molecule has 1 amide bonds. The fourth-order valence-corrected chi connectivity index (χ4v) is 3.73. The molecule has 1 saturated carbocycles. The predicted octanol–water partition coefficient (Wildman–Crippen LogP) is 2.66. The maximum atomic E-state index is 12.1. The first kappa shape index (κ1) is 17.2. The van der Waals surface area contributed by atoms with Crippen molar-refractivity contribution < 1.29 is 4.79 Å². The van der Waals surface area contributed by atoms with Crippen molar-refractivity contribution in [2.75, 3.05) is 13.1 Å². The first-order valence-corrected chi connectivity index (χ1v) is 9.43. The van der Waals surface area contributed by atoms with Crippen molar-refractivity contribution in [3.8, 4) is 0 Å². The standard InChI is InChI=1S/C19H30N4O/c1-2-3-11-22-12-6-13-23-18(15-22)14-17(21-23)9-10-19(24)20-16-7-4-5-8-16/h2-3,14,16H,4-13,15H2,1H3,(H,20,24)/b3-2+. The Morgan fingerprint density at radius 1 is 1.33 bits per heavy atom. The number of rotatable bonds is 6. The second-order valence-electron chi connectivity index (χ2n) is 7.06. The SMILES string of the molecule is C/C=C/CN1CCCn2nc(CCC(=O)NC3CCCC3)cc2C1. The Kier molecular flexibility index (Phi) is 6.07. The van der Waals surface area contributed by atoms with E-state index in [-0.39, 0.29) is 5.91 Å². The van der Waals surface area contributed by atoms with E-state index in [1.807, 2.05) is 0 Å². The number of fused-ring (bicyclic) bond motifs is 1. The molecule has 5 heteroatoms. The lowest BCUT2D eigenvalue weighted by Gasteiger charge is -2.16. The maximum absolute atomic E-state index is 12.1. The van der Waals surface area contributed by atoms with Crippen LogP contribution in [0.25, 0.3) is 0 Å². The van der Waals surface area contributed by atoms with E-state index in [0.717, 1.165) is 57.6 Å². The van der Waals surface area contributed by atoms with Gasteiger partial charge in [-0.1, -0.05) is 25.0 Å². The molecule has 0 unspecified atom stereocenters. The maximum Gasteiger partial charge on any atom is 0.220 e. The van der Waals surface area contributed by atoms with Gasteiger partial charge in [0.15, 0.2) is 0 Å². The van der Waals surface area contributed by atoms with E-state index < -0.39 is 0 Å². The molecule has 0 radical (unpaired) electrons. The summed E-state index contributed by atoms with van der Waals surface area (Å²) in [6.07, 6.45) is 11.5. The number of aromatic nitrogens is 2. The van der Waals surface area contributed by atoms with Gasteiger partial charge < -0.3 is 5.32 Å². The van der Waals surface area contributed by atoms with Gasteiger partial charge in [-0.3, -0.25) is 14.4 Å². The number of hydrogen-bond acceptors (Lipinski definition) is 3. The van der Waals surface area contributed by atoms with Crippen LogP contribution in [-0.4, -0.2) is 39.7 Å². The van der Waals surface area contributed by atoms with Crippen molar-refractivity contribution in [1.29, 1.82) is 0 Å². The Labute approximate surface area is 145 Å². The van der Waals surface area contributed by atoms with Crippen molar-refractivity contribution >= 4 is 5.91 Å². The van der Waals surface area contributed by atoms with E-state index in [1.165, 1.54) is 18.5 Å². The average molecular weight is 330 g/mol. The zero-order chi connectivity index (χ0) is 16.8. The minimum absolute atomic E-state index is 0.180. The van der Waals surface area contributed by atoms with Gasteiger partial charge in [-0.25, -0.2) is 0 Å². The molecule has 24 heavy (non-hydrogen) atoms. The summed E-state index contributed by atoms with van der Waals surface area (Å²) in [4.78, 5) is 14.5. The van der Waals surface area contributed by atoms with Gasteiger partial charge in [-0.15, -0.1) is 0 Å². The third kappa shape index (κ3) is 4.69. The topological polar surface area (TPSA) is 50.2 Å². The molecule has 0 bridgehead atoms. The summed E-state index contributed by atoms with van der Waals surface area (Å²) in [7, 11) is 0. The van der Waals surface area contributed by atoms with E-state index in [0.29, 0.717) is 12.5 Å². The number of nitrogens with zero attached hydrogens (tertiary/aromatic N) is 3. The van der Waals surface area contributed by atoms with Gasteiger partial charge in [-0.2, -0.15) is 5.10 Å². The lowest BCUT2D eigenvalue weighted by atomic mass is 10.2. The van der Waals surface area contributed by atoms with Gasteiger partial charge in [-0.05, 0) is 32.3 Å². The average Bonchev–Trinajstić information content (AvgIpc) is 3.17. The highest BCUT2D eigenvalue weighted by atomic mass is 16.1. The largest absolute Gasteiger partial charge is 0.353 e. The quantitative estimate of drug-likeness (QED) is 0.816. The third-order valence-electron chi connectivity index (χ3n) is 5.07. The van der Waals surface area contributed by atoms with Crippen LogP contribution in [0.5, 0.6) is 0 Å². The van der Waals surface area contributed by atoms with E-state index in [9.17, 15) is 4.79 Å². The van der Waals surface area contributed by atoms with Crippen LogP contribution >= 0.6 is 0 Å². The van der Waals surface area contributed by atoms with Gasteiger partial charge in [0.25, 0.3) is 0 Å². The second kappa shape index (κ2) is 8.47. The van der Waals surface area contributed by atoms with Crippen LogP contribution in [0.1, 0.15) is 56.8 Å². The number of carbonyl (C=O) groups excluding carboxylic acids is 1. The highest BCUT2D eigenvalue weighted by Crippen LogP contribution is 2.18. The second-order valence-corrected chi connectivity index (χ2v) is 7.06. The number of hydrogen-bond donors (Lipinski definition) is 1. The van der Waals surface area contributed by atoms with E-state index >= 15 is 0 Å². The van der Waals surface area contributed by atoms with Crippen LogP contribution in [-0.2, 0) is 24.3 Å². The van der Waals surface area contributed by atoms with Crippen molar-refractivity contribution in [1.82, 2.24) is 20.0 Å². The Hall–Kier alpha value is -1.62. The zero-order valence-electron chi connectivity index (χ0n) is 14.8. The first-order chi connectivity index (χ1) is 11.7. The molecule has 1 aliphatic carbocycles. The number of aryl methyl sites for hydroxylation is 2. The molecule has 132 valence electrons. The normalized spacial score (nSPS) is 19.5. The summed E-state index contributed by atoms with van der Waals surface area (Å²) in [5.41, 5.74) is 2.34. The zero-order valence-corrected chi connectivity index (χ0v) is 14.8. The molecule has 1 aromatic rings. The van der Waals surface area contributed by atoms with Gasteiger partial charge in [0.05, 0.1) is 11.4 Å². The molecular weight excluding hydrogens is 300 g/mol. The molecular formula is C19H30N4O. The number of carbonyl (C=O) groups is 1. The fourth-order valence-electron chi connectivity index (χ4n) is 3.73. The van der Waals surface area contributed by atoms with E-state index in [4.69, 9.17) is 5.10 Å². The molecule has 0 saturated heterocycles. The Balaban J connectivity index is 1.51. The smallest absolute Gasteiger partial charge is 0.220 e. The van der Waals surface area contributed by atoms with Crippen LogP contribution in [0, 0.1) is 0 Å². The molecule has 1 aliphatic heterocycles. The minimum Gasteiger partial charge on any atom is -0.353 e. The first-order valence-electron chi connectivity index (χ1n) is 9.43. The Bertz CT molecular complexity index is 572. The molecule has 1 fully saturated rings. The van der Waals surface area contributed by atoms with E-state index in [1.54, 1.807) is 0 Å². The Morgan fingerprint density at radius 3 is 2.96 bits per heavy atom. The summed E-state index contributed by atoms with van der Waals surface area (Å²) in [5.74, 6) is 0.180. The summed E-state index contributed by atoms with van der Waals surface area (Å²) < 4.78 is 2.14. The monoisotopic (exact) mass is 330 g/mol. The van der Waals surface area contributed by atoms with Crippen molar-refractivity contribution in [3.63, 3.8) is 0 Å². The molecule has 2 heterocycles. The molecule has 1 N–H and O–H groups in total. The number of allylic oxidation sites excluding steroid dienone is 1. The van der Waals surface area contributed by atoms with E-state index in [2.05, 4.69) is 40.0 Å². The summed E-state index contributed by atoms with van der Waals surface area (Å²) in [6, 6.07) is 2.60. The molecule has 0 spiro atoms. The van der Waals surface area contributed by atoms with Crippen LogP contribution < -0.4 is 5.32 Å². The van der Waals surface area contributed by atoms with Gasteiger partial charge in [0, 0.05) is 45.1 Å². The molecule has 1 aromatic heterocycles. The summed E-state index contributed by atoms with van der Waals surface area (Å²) in [5, 5.41) is 7.88. The molecule has 0 atom stereocenters. The van der Waals surface area contributed by atoms with Crippen molar-refractivity contribution in [3.05, 3.63) is 29.6 Å². The van der Waals surface area contributed by atoms with Crippen LogP contribution in [0.4, 0.5) is 0 Å². The van der Waals surface area contributed by atoms with Crippen LogP contribution in [0.3, 0.4) is 0 Å². The summed E-state index contributed by atoms with van der Waals surface area (Å²) >= 11 is 0. The lowest BCUT2D eigenvalue weighted by Crippen LogP contribution is -2.32. The number of nitrogens with one attached hydrogen (secondary N) is 1. The van der Waals surface area contributed by atoms with Gasteiger partial charge in [0.2, 0.25) is 5.91 Å². The molecule has 0 aromatic carbocycles. The Morgan fingerprint density at radius 2 is 2.17 bits per heavy atom. The number of amides is 1. The van der Waals surface area contributed by atoms with Gasteiger partial charge >= 0.3 is 0 Å². The molecule has 2 aliphatic rings.